The van der Waals surface area contributed by atoms with Gasteiger partial charge in [0.25, 0.3) is 5.22 Å². The molecule has 0 bridgehead atoms. The first kappa shape index (κ1) is 17.4. The molecule has 0 amide bonds. The van der Waals surface area contributed by atoms with Gasteiger partial charge in [0.15, 0.2) is 11.5 Å². The van der Waals surface area contributed by atoms with E-state index in [1.165, 1.54) is 11.8 Å². The van der Waals surface area contributed by atoms with Gasteiger partial charge in [-0.25, -0.2) is 4.98 Å². The minimum Gasteiger partial charge on any atom is -0.493 e. The molecule has 0 atom stereocenters. The van der Waals surface area contributed by atoms with Gasteiger partial charge in [0.2, 0.25) is 5.89 Å². The van der Waals surface area contributed by atoms with Crippen LogP contribution in [0, 0.1) is 6.92 Å². The molecule has 0 saturated carbocycles. The van der Waals surface area contributed by atoms with Crippen LogP contribution in [0.25, 0.3) is 17.1 Å². The Kier molecular flexibility index (Phi) is 4.72. The molecule has 0 unspecified atom stereocenters. The Morgan fingerprint density at radius 2 is 1.96 bits per heavy atom. The first-order valence-electron chi connectivity index (χ1n) is 8.30. The Morgan fingerprint density at radius 3 is 2.74 bits per heavy atom. The summed E-state index contributed by atoms with van der Waals surface area (Å²) in [7, 11) is 3.19. The summed E-state index contributed by atoms with van der Waals surface area (Å²) in [5, 5.41) is 8.74. The zero-order chi connectivity index (χ0) is 18.8. The largest absolute Gasteiger partial charge is 0.493 e. The lowest BCUT2D eigenvalue weighted by atomic mass is 10.2. The van der Waals surface area contributed by atoms with Crippen molar-refractivity contribution >= 4 is 17.4 Å². The van der Waals surface area contributed by atoms with Gasteiger partial charge in [-0.15, -0.1) is 10.2 Å². The van der Waals surface area contributed by atoms with E-state index in [0.29, 0.717) is 28.4 Å². The highest BCUT2D eigenvalue weighted by molar-refractivity contribution is 7.98. The maximum absolute atomic E-state index is 5.77. The fourth-order valence-electron chi connectivity index (χ4n) is 2.76. The molecule has 0 N–H and O–H groups in total. The predicted octanol–water partition coefficient (Wildman–Crippen LogP) is 4.00. The van der Waals surface area contributed by atoms with Crippen LogP contribution in [0.4, 0.5) is 0 Å². The van der Waals surface area contributed by atoms with E-state index in [2.05, 4.69) is 15.2 Å². The highest BCUT2D eigenvalue weighted by atomic mass is 32.2. The molecule has 27 heavy (non-hydrogen) atoms. The van der Waals surface area contributed by atoms with Crippen LogP contribution in [0.5, 0.6) is 11.5 Å². The van der Waals surface area contributed by atoms with Crippen molar-refractivity contribution in [2.75, 3.05) is 14.2 Å². The molecule has 0 aliphatic rings. The fourth-order valence-corrected chi connectivity index (χ4v) is 3.41. The molecule has 0 aliphatic heterocycles. The number of hydrogen-bond donors (Lipinski definition) is 0. The van der Waals surface area contributed by atoms with E-state index < -0.39 is 0 Å². The number of methoxy groups -OCH3 is 2. The zero-order valence-electron chi connectivity index (χ0n) is 15.2. The average Bonchev–Trinajstić information content (AvgIpc) is 3.33. The van der Waals surface area contributed by atoms with Gasteiger partial charge in [0.1, 0.15) is 5.65 Å². The SMILES string of the molecule is COc1ccc(-c2nnc(SCc3cn4cccc(C)c4n3)o2)cc1OC. The number of fused-ring (bicyclic) bond motifs is 1. The van der Waals surface area contributed by atoms with Crippen LogP contribution in [-0.4, -0.2) is 33.8 Å². The molecule has 1 aromatic carbocycles. The summed E-state index contributed by atoms with van der Waals surface area (Å²) in [6.07, 6.45) is 4.01. The van der Waals surface area contributed by atoms with Crippen LogP contribution in [0.1, 0.15) is 11.3 Å². The van der Waals surface area contributed by atoms with Gasteiger partial charge in [-0.3, -0.25) is 0 Å². The van der Waals surface area contributed by atoms with E-state index in [1.54, 1.807) is 14.2 Å². The van der Waals surface area contributed by atoms with Crippen molar-refractivity contribution in [3.63, 3.8) is 0 Å². The van der Waals surface area contributed by atoms with Gasteiger partial charge < -0.3 is 18.3 Å². The second-order valence-corrected chi connectivity index (χ2v) is 6.81. The monoisotopic (exact) mass is 382 g/mol. The normalized spacial score (nSPS) is 11.1. The van der Waals surface area contributed by atoms with Gasteiger partial charge in [-0.2, -0.15) is 0 Å². The second kappa shape index (κ2) is 7.32. The van der Waals surface area contributed by atoms with Crippen LogP contribution in [-0.2, 0) is 5.75 Å². The van der Waals surface area contributed by atoms with Crippen molar-refractivity contribution in [3.8, 4) is 23.0 Å². The second-order valence-electron chi connectivity index (χ2n) is 5.89. The van der Waals surface area contributed by atoms with Crippen molar-refractivity contribution in [2.45, 2.75) is 17.9 Å². The number of benzene rings is 1. The molecule has 0 aliphatic carbocycles. The van der Waals surface area contributed by atoms with Crippen LogP contribution in [0.3, 0.4) is 0 Å². The molecule has 138 valence electrons. The summed E-state index contributed by atoms with van der Waals surface area (Å²) in [5.74, 6) is 2.35. The van der Waals surface area contributed by atoms with E-state index >= 15 is 0 Å². The fraction of sp³-hybridized carbons (Fsp3) is 0.211. The average molecular weight is 382 g/mol. The highest BCUT2D eigenvalue weighted by Gasteiger charge is 2.13. The maximum Gasteiger partial charge on any atom is 0.277 e. The Bertz CT molecular complexity index is 1090. The molecule has 7 nitrogen and oxygen atoms in total. The standard InChI is InChI=1S/C19H18N4O3S/c1-12-5-4-8-23-10-14(20-17(12)23)11-27-19-22-21-18(26-19)13-6-7-15(24-2)16(9-13)25-3/h4-10H,11H2,1-3H3. The van der Waals surface area contributed by atoms with Crippen LogP contribution in [0.2, 0.25) is 0 Å². The van der Waals surface area contributed by atoms with Gasteiger partial charge in [0.05, 0.1) is 19.9 Å². The summed E-state index contributed by atoms with van der Waals surface area (Å²) in [4.78, 5) is 4.66. The quantitative estimate of drug-likeness (QED) is 0.467. The lowest BCUT2D eigenvalue weighted by molar-refractivity contribution is 0.355. The predicted molar refractivity (Wildman–Crippen MR) is 102 cm³/mol. The molecule has 3 heterocycles. The number of nitrogens with zero attached hydrogens (tertiary/aromatic N) is 4. The first-order chi connectivity index (χ1) is 13.2. The number of hydrogen-bond acceptors (Lipinski definition) is 7. The third-order valence-corrected chi connectivity index (χ3v) is 4.96. The van der Waals surface area contributed by atoms with E-state index in [4.69, 9.17) is 13.9 Å². The lowest BCUT2D eigenvalue weighted by Crippen LogP contribution is -1.90. The number of aryl methyl sites for hydroxylation is 1. The van der Waals surface area contributed by atoms with E-state index in [-0.39, 0.29) is 0 Å². The zero-order valence-corrected chi connectivity index (χ0v) is 16.0. The molecule has 0 spiro atoms. The van der Waals surface area contributed by atoms with Crippen molar-refractivity contribution in [1.82, 2.24) is 19.6 Å². The number of aromatic nitrogens is 4. The van der Waals surface area contributed by atoms with Gasteiger partial charge in [-0.05, 0) is 36.8 Å². The molecular formula is C19H18N4O3S. The Labute approximate surface area is 160 Å². The van der Waals surface area contributed by atoms with E-state index in [0.717, 1.165) is 22.5 Å². The first-order valence-corrected chi connectivity index (χ1v) is 9.28. The lowest BCUT2D eigenvalue weighted by Gasteiger charge is -2.07. The minimum atomic E-state index is 0.435. The number of imidazole rings is 1. The van der Waals surface area contributed by atoms with Gasteiger partial charge >= 0.3 is 0 Å². The van der Waals surface area contributed by atoms with Crippen LogP contribution >= 0.6 is 11.8 Å². The Balaban J connectivity index is 1.50. The highest BCUT2D eigenvalue weighted by Crippen LogP contribution is 2.33. The number of rotatable bonds is 6. The molecule has 0 radical (unpaired) electrons. The topological polar surface area (TPSA) is 74.7 Å². The molecule has 3 aromatic heterocycles. The Hall–Kier alpha value is -3.00. The molecule has 4 aromatic rings. The number of thioether (sulfide) groups is 1. The molecule has 4 rings (SSSR count). The smallest absolute Gasteiger partial charge is 0.277 e. The summed E-state index contributed by atoms with van der Waals surface area (Å²) in [6.45, 7) is 2.05. The third-order valence-electron chi connectivity index (χ3n) is 4.11. The van der Waals surface area contributed by atoms with Crippen molar-refractivity contribution in [1.29, 1.82) is 0 Å². The summed E-state index contributed by atoms with van der Waals surface area (Å²) in [6, 6.07) is 9.53. The van der Waals surface area contributed by atoms with Crippen LogP contribution < -0.4 is 9.47 Å². The van der Waals surface area contributed by atoms with Crippen molar-refractivity contribution < 1.29 is 13.9 Å². The summed E-state index contributed by atoms with van der Waals surface area (Å²) < 4.78 is 18.4. The molecular weight excluding hydrogens is 364 g/mol. The Morgan fingerprint density at radius 1 is 1.11 bits per heavy atom. The minimum absolute atomic E-state index is 0.435. The summed E-state index contributed by atoms with van der Waals surface area (Å²) >= 11 is 1.46. The van der Waals surface area contributed by atoms with E-state index in [9.17, 15) is 0 Å². The van der Waals surface area contributed by atoms with Crippen molar-refractivity contribution in [2.24, 2.45) is 0 Å². The third kappa shape index (κ3) is 3.48. The van der Waals surface area contributed by atoms with Gasteiger partial charge in [0, 0.05) is 23.7 Å². The molecule has 0 saturated heterocycles. The molecule has 0 fully saturated rings. The maximum atomic E-state index is 5.77. The van der Waals surface area contributed by atoms with Gasteiger partial charge in [-0.1, -0.05) is 17.8 Å². The van der Waals surface area contributed by atoms with Crippen molar-refractivity contribution in [3.05, 3.63) is 54.0 Å². The number of ether oxygens (including phenoxy) is 2. The number of pyridine rings is 1. The summed E-state index contributed by atoms with van der Waals surface area (Å²) in [5.41, 5.74) is 3.84. The van der Waals surface area contributed by atoms with Crippen LogP contribution in [0.15, 0.2) is 52.4 Å². The molecule has 8 heteroatoms. The van der Waals surface area contributed by atoms with E-state index in [1.807, 2.05) is 54.0 Å².